The normalized spacial score (nSPS) is 7.88. The van der Waals surface area contributed by atoms with Crippen LogP contribution in [0.25, 0.3) is 0 Å². The van der Waals surface area contributed by atoms with Gasteiger partial charge in [0.15, 0.2) is 0 Å². The van der Waals surface area contributed by atoms with Crippen LogP contribution in [0.4, 0.5) is 0 Å². The molecular weight excluding hydrogens is 184 g/mol. The Bertz CT molecular complexity index is 102. The molecule has 0 aromatic heterocycles. The summed E-state index contributed by atoms with van der Waals surface area (Å²) >= 11 is 2.00. The van der Waals surface area contributed by atoms with Crippen molar-refractivity contribution in [1.29, 1.82) is 0 Å². The molecule has 6 nitrogen and oxygen atoms in total. The van der Waals surface area contributed by atoms with Gasteiger partial charge in [-0.25, -0.2) is 0 Å². The second kappa shape index (κ2) is 7.15. The summed E-state index contributed by atoms with van der Waals surface area (Å²) in [6.45, 7) is 0. The van der Waals surface area contributed by atoms with E-state index in [1.807, 2.05) is 15.9 Å². The number of rotatable bonds is 0. The van der Waals surface area contributed by atoms with E-state index in [4.69, 9.17) is 21.4 Å². The summed E-state index contributed by atoms with van der Waals surface area (Å²) in [4.78, 5) is 0. The molecule has 0 saturated heterocycles. The van der Waals surface area contributed by atoms with Crippen molar-refractivity contribution in [3.8, 4) is 0 Å². The van der Waals surface area contributed by atoms with Crippen LogP contribution in [0.1, 0.15) is 0 Å². The van der Waals surface area contributed by atoms with Gasteiger partial charge < -0.3 is 5.48 Å². The van der Waals surface area contributed by atoms with Gasteiger partial charge in [-0.15, -0.1) is 0 Å². The van der Waals surface area contributed by atoms with Gasteiger partial charge in [0.25, 0.3) is 0 Å². The topological polar surface area (TPSA) is 123 Å². The number of hydrogen-bond donors (Lipinski definition) is 2. The van der Waals surface area contributed by atoms with Crippen LogP contribution in [0.3, 0.4) is 0 Å². The Morgan fingerprint density at radius 3 is 1.12 bits per heavy atom. The van der Waals surface area contributed by atoms with E-state index in [1.54, 1.807) is 0 Å². The van der Waals surface area contributed by atoms with Crippen LogP contribution in [0, 0.1) is 0 Å². The second-order valence-corrected chi connectivity index (χ2v) is 1.34. The predicted molar refractivity (Wildman–Crippen MR) is 18.5 cm³/mol. The zero-order valence-electron chi connectivity index (χ0n) is 3.38. The summed E-state index contributed by atoms with van der Waals surface area (Å²) in [6, 6.07) is 0. The van der Waals surface area contributed by atoms with Gasteiger partial charge in [-0.1, -0.05) is 0 Å². The average Bonchev–Trinajstić information content (AvgIpc) is 1.36. The maximum absolute atomic E-state index is 8.74. The molecular formula is H4FeO6S. The fourth-order valence-electron chi connectivity index (χ4n) is 0. The van der Waals surface area contributed by atoms with E-state index < -0.39 is 10.4 Å². The van der Waals surface area contributed by atoms with Crippen LogP contribution in [-0.2, 0) is 30.2 Å². The molecule has 0 aromatic carbocycles. The number of hydrogen-bond acceptors (Lipinski definition) is 3. The van der Waals surface area contributed by atoms with Crippen LogP contribution in [0.15, 0.2) is 0 Å². The molecule has 0 unspecified atom stereocenters. The van der Waals surface area contributed by atoms with Crippen LogP contribution < -0.4 is 0 Å². The van der Waals surface area contributed by atoms with Crippen LogP contribution >= 0.6 is 0 Å². The molecule has 0 atom stereocenters. The SMILES string of the molecule is O.O=S(=O)(O)O.[O]=[Fe]. The zero-order valence-corrected chi connectivity index (χ0v) is 5.30. The van der Waals surface area contributed by atoms with Crippen molar-refractivity contribution in [2.24, 2.45) is 0 Å². The summed E-state index contributed by atoms with van der Waals surface area (Å²) < 4.78 is 39.6. The van der Waals surface area contributed by atoms with Gasteiger partial charge in [0.1, 0.15) is 0 Å². The van der Waals surface area contributed by atoms with E-state index in [2.05, 4.69) is 0 Å². The third kappa shape index (κ3) is 7300. The van der Waals surface area contributed by atoms with Crippen LogP contribution in [0.5, 0.6) is 0 Å². The van der Waals surface area contributed by atoms with Crippen LogP contribution in [-0.4, -0.2) is 23.0 Å². The van der Waals surface area contributed by atoms with Crippen molar-refractivity contribution in [1.82, 2.24) is 0 Å². The minimum atomic E-state index is -4.67. The Hall–Kier alpha value is 0.149. The summed E-state index contributed by atoms with van der Waals surface area (Å²) in [5.41, 5.74) is 0. The fourth-order valence-corrected chi connectivity index (χ4v) is 0. The Morgan fingerprint density at radius 1 is 1.12 bits per heavy atom. The van der Waals surface area contributed by atoms with Crippen molar-refractivity contribution >= 4 is 10.4 Å². The molecule has 4 N–H and O–H groups in total. The fraction of sp³-hybridized carbons (Fsp3) is 0. The van der Waals surface area contributed by atoms with Gasteiger partial charge in [-0.05, 0) is 0 Å². The Labute approximate surface area is 53.8 Å². The molecule has 0 fully saturated rings. The summed E-state index contributed by atoms with van der Waals surface area (Å²) in [7, 11) is -4.67. The first kappa shape index (κ1) is 15.7. The molecule has 0 aliphatic carbocycles. The van der Waals surface area contributed by atoms with E-state index >= 15 is 0 Å². The third-order valence-electron chi connectivity index (χ3n) is 0. The quantitative estimate of drug-likeness (QED) is 0.350. The van der Waals surface area contributed by atoms with Gasteiger partial charge in [0.05, 0.1) is 0 Å². The molecule has 0 aliphatic heterocycles. The molecule has 0 aromatic rings. The molecule has 0 saturated carbocycles. The van der Waals surface area contributed by atoms with Crippen molar-refractivity contribution in [3.63, 3.8) is 0 Å². The first-order valence-corrected chi connectivity index (χ1v) is 2.69. The van der Waals surface area contributed by atoms with Crippen LogP contribution in [0.2, 0.25) is 0 Å². The van der Waals surface area contributed by atoms with E-state index in [1.165, 1.54) is 0 Å². The minimum absolute atomic E-state index is 0. The van der Waals surface area contributed by atoms with Gasteiger partial charge in [0.2, 0.25) is 0 Å². The monoisotopic (exact) mass is 188 g/mol. The van der Waals surface area contributed by atoms with E-state index in [-0.39, 0.29) is 5.48 Å². The first-order valence-electron chi connectivity index (χ1n) is 0.843. The molecule has 0 amide bonds. The van der Waals surface area contributed by atoms with Crippen molar-refractivity contribution < 1.29 is 42.8 Å². The molecule has 0 bridgehead atoms. The summed E-state index contributed by atoms with van der Waals surface area (Å²) in [6.07, 6.45) is 0. The Kier molecular flexibility index (Phi) is 14.0. The van der Waals surface area contributed by atoms with Crippen molar-refractivity contribution in [2.45, 2.75) is 0 Å². The Balaban J connectivity index is -0.0000000750. The molecule has 0 aliphatic rings. The molecule has 8 heteroatoms. The van der Waals surface area contributed by atoms with Gasteiger partial charge in [-0.3, -0.25) is 9.11 Å². The molecule has 0 rings (SSSR count). The van der Waals surface area contributed by atoms with Gasteiger partial charge in [0, 0.05) is 0 Å². The Morgan fingerprint density at radius 2 is 1.12 bits per heavy atom. The zero-order chi connectivity index (χ0) is 6.50. The van der Waals surface area contributed by atoms with E-state index in [0.717, 1.165) is 0 Å². The molecule has 0 spiro atoms. The predicted octanol–water partition coefficient (Wildman–Crippen LogP) is -1.60. The first-order chi connectivity index (χ1) is 3.00. The van der Waals surface area contributed by atoms with Gasteiger partial charge in [-0.2, -0.15) is 8.42 Å². The maximum atomic E-state index is 8.74. The average molecular weight is 188 g/mol. The molecule has 54 valence electrons. The van der Waals surface area contributed by atoms with E-state index in [0.29, 0.717) is 0 Å². The molecule has 8 heavy (non-hydrogen) atoms. The summed E-state index contributed by atoms with van der Waals surface area (Å²) in [5.74, 6) is 0. The van der Waals surface area contributed by atoms with E-state index in [9.17, 15) is 0 Å². The molecule has 0 heterocycles. The van der Waals surface area contributed by atoms with Crippen molar-refractivity contribution in [3.05, 3.63) is 0 Å². The second-order valence-electron chi connectivity index (χ2n) is 0.448. The standard InChI is InChI=1S/Fe.H2O4S.H2O.O/c;1-5(2,3)4;;/h;(H2,1,2,3,4);1H2;. The van der Waals surface area contributed by atoms with Gasteiger partial charge >= 0.3 is 30.2 Å². The molecule has 0 radical (unpaired) electrons. The van der Waals surface area contributed by atoms with Crippen molar-refractivity contribution in [2.75, 3.05) is 0 Å². The summed E-state index contributed by atoms with van der Waals surface area (Å²) in [5, 5.41) is 0. The third-order valence-corrected chi connectivity index (χ3v) is 0.